The molecular weight excluding hydrogens is 198 g/mol. The van der Waals surface area contributed by atoms with Crippen LogP contribution in [0.5, 0.6) is 0 Å². The van der Waals surface area contributed by atoms with Gasteiger partial charge < -0.3 is 10.4 Å². The molecule has 1 aromatic rings. The highest BCUT2D eigenvalue weighted by Gasteiger charge is 2.09. The van der Waals surface area contributed by atoms with Crippen LogP contribution in [0.2, 0.25) is 0 Å². The third kappa shape index (κ3) is 3.47. The van der Waals surface area contributed by atoms with Gasteiger partial charge in [-0.25, -0.2) is 0 Å². The van der Waals surface area contributed by atoms with Gasteiger partial charge in [0.1, 0.15) is 0 Å². The maximum atomic E-state index is 11.3. The van der Waals surface area contributed by atoms with Crippen LogP contribution in [0.15, 0.2) is 17.5 Å². The minimum Gasteiger partial charge on any atom is -0.396 e. The number of hydrogen-bond acceptors (Lipinski definition) is 3. The van der Waals surface area contributed by atoms with Crippen molar-refractivity contribution in [3.8, 4) is 0 Å². The van der Waals surface area contributed by atoms with Crippen LogP contribution in [-0.2, 0) is 4.79 Å². The molecule has 2 N–H and O–H groups in total. The van der Waals surface area contributed by atoms with Crippen molar-refractivity contribution in [1.82, 2.24) is 5.32 Å². The normalized spacial score (nSPS) is 12.4. The molecule has 1 heterocycles. The van der Waals surface area contributed by atoms with E-state index in [9.17, 15) is 4.79 Å². The Morgan fingerprint density at radius 3 is 3.07 bits per heavy atom. The van der Waals surface area contributed by atoms with Crippen molar-refractivity contribution >= 4 is 17.2 Å². The van der Waals surface area contributed by atoms with E-state index >= 15 is 0 Å². The second kappa shape index (κ2) is 5.78. The molecule has 0 fully saturated rings. The Morgan fingerprint density at radius 1 is 1.71 bits per heavy atom. The molecule has 1 amide bonds. The van der Waals surface area contributed by atoms with Crippen LogP contribution < -0.4 is 5.32 Å². The van der Waals surface area contributed by atoms with Crippen LogP contribution in [-0.4, -0.2) is 17.6 Å². The fraction of sp³-hybridized carbons (Fsp3) is 0.500. The van der Waals surface area contributed by atoms with E-state index in [-0.39, 0.29) is 18.6 Å². The molecule has 0 aromatic carbocycles. The lowest BCUT2D eigenvalue weighted by Crippen LogP contribution is -2.25. The Labute approximate surface area is 87.8 Å². The van der Waals surface area contributed by atoms with Gasteiger partial charge in [-0.3, -0.25) is 4.79 Å². The van der Waals surface area contributed by atoms with E-state index in [4.69, 9.17) is 5.11 Å². The first kappa shape index (κ1) is 11.2. The monoisotopic (exact) mass is 213 g/mol. The van der Waals surface area contributed by atoms with Crippen molar-refractivity contribution in [1.29, 1.82) is 0 Å². The third-order valence-electron chi connectivity index (χ3n) is 1.91. The highest BCUT2D eigenvalue weighted by atomic mass is 32.1. The molecular formula is C10H15NO2S. The molecule has 78 valence electrons. The summed E-state index contributed by atoms with van der Waals surface area (Å²) in [5, 5.41) is 13.4. The fourth-order valence-corrected chi connectivity index (χ4v) is 1.90. The Hall–Kier alpha value is -0.870. The predicted octanol–water partition coefficient (Wildman–Crippen LogP) is 1.70. The molecule has 0 aliphatic heterocycles. The first-order valence-electron chi connectivity index (χ1n) is 4.67. The summed E-state index contributed by atoms with van der Waals surface area (Å²) < 4.78 is 0. The van der Waals surface area contributed by atoms with E-state index in [2.05, 4.69) is 5.32 Å². The largest absolute Gasteiger partial charge is 0.396 e. The maximum Gasteiger partial charge on any atom is 0.220 e. The lowest BCUT2D eigenvalue weighted by molar-refractivity contribution is -0.122. The summed E-state index contributed by atoms with van der Waals surface area (Å²) in [6.45, 7) is 2.03. The van der Waals surface area contributed by atoms with Gasteiger partial charge in [-0.2, -0.15) is 0 Å². The highest BCUT2D eigenvalue weighted by Crippen LogP contribution is 2.17. The summed E-state index contributed by atoms with van der Waals surface area (Å²) >= 11 is 1.63. The Morgan fingerprint density at radius 2 is 2.50 bits per heavy atom. The zero-order valence-corrected chi connectivity index (χ0v) is 9.01. The molecule has 3 nitrogen and oxygen atoms in total. The molecule has 0 unspecified atom stereocenters. The predicted molar refractivity (Wildman–Crippen MR) is 57.2 cm³/mol. The Bertz CT molecular complexity index is 272. The van der Waals surface area contributed by atoms with Gasteiger partial charge in [-0.05, 0) is 24.8 Å². The van der Waals surface area contributed by atoms with Crippen LogP contribution in [0.4, 0.5) is 0 Å². The van der Waals surface area contributed by atoms with Crippen molar-refractivity contribution in [3.63, 3.8) is 0 Å². The van der Waals surface area contributed by atoms with Gasteiger partial charge in [0, 0.05) is 17.9 Å². The summed E-state index contributed by atoms with van der Waals surface area (Å²) in [6.07, 6.45) is 0.926. The van der Waals surface area contributed by atoms with E-state index in [0.29, 0.717) is 12.8 Å². The van der Waals surface area contributed by atoms with Crippen molar-refractivity contribution in [2.75, 3.05) is 6.61 Å². The summed E-state index contributed by atoms with van der Waals surface area (Å²) in [5.74, 6) is -0.0000463. The smallest absolute Gasteiger partial charge is 0.220 e. The number of aliphatic hydroxyl groups is 1. The first-order chi connectivity index (χ1) is 6.74. The molecule has 1 atom stereocenters. The molecule has 1 aromatic heterocycles. The minimum atomic E-state index is -0.0000463. The minimum absolute atomic E-state index is 0.0000463. The summed E-state index contributed by atoms with van der Waals surface area (Å²) in [5.41, 5.74) is 0. The quantitative estimate of drug-likeness (QED) is 0.782. The van der Waals surface area contributed by atoms with Crippen LogP contribution in [0.25, 0.3) is 0 Å². The Kier molecular flexibility index (Phi) is 4.62. The molecule has 0 radical (unpaired) electrons. The summed E-state index contributed by atoms with van der Waals surface area (Å²) in [4.78, 5) is 12.4. The first-order valence-corrected chi connectivity index (χ1v) is 5.55. The number of aliphatic hydroxyl groups excluding tert-OH is 1. The SMILES string of the molecule is C[C@H](NC(=O)CCCO)c1cccs1. The average molecular weight is 213 g/mol. The van der Waals surface area contributed by atoms with Gasteiger partial charge in [0.15, 0.2) is 0 Å². The molecule has 0 saturated heterocycles. The average Bonchev–Trinajstić information content (AvgIpc) is 2.67. The number of carbonyl (C=O) groups is 1. The van der Waals surface area contributed by atoms with E-state index in [0.717, 1.165) is 4.88 Å². The molecule has 0 aliphatic carbocycles. The Balaban J connectivity index is 2.33. The van der Waals surface area contributed by atoms with Gasteiger partial charge >= 0.3 is 0 Å². The zero-order chi connectivity index (χ0) is 10.4. The van der Waals surface area contributed by atoms with Crippen molar-refractivity contribution in [2.24, 2.45) is 0 Å². The topological polar surface area (TPSA) is 49.3 Å². The maximum absolute atomic E-state index is 11.3. The summed E-state index contributed by atoms with van der Waals surface area (Å²) in [6, 6.07) is 4.04. The van der Waals surface area contributed by atoms with E-state index in [1.54, 1.807) is 11.3 Å². The third-order valence-corrected chi connectivity index (χ3v) is 2.96. The van der Waals surface area contributed by atoms with Gasteiger partial charge in [-0.15, -0.1) is 11.3 Å². The van der Waals surface area contributed by atoms with Gasteiger partial charge in [0.2, 0.25) is 5.91 Å². The number of rotatable bonds is 5. The molecule has 1 rings (SSSR count). The van der Waals surface area contributed by atoms with Crippen LogP contribution >= 0.6 is 11.3 Å². The van der Waals surface area contributed by atoms with Gasteiger partial charge in [0.05, 0.1) is 6.04 Å². The van der Waals surface area contributed by atoms with Gasteiger partial charge in [0.25, 0.3) is 0 Å². The fourth-order valence-electron chi connectivity index (χ4n) is 1.16. The second-order valence-corrected chi connectivity index (χ2v) is 4.11. The molecule has 0 saturated carbocycles. The number of carbonyl (C=O) groups excluding carboxylic acids is 1. The van der Waals surface area contributed by atoms with E-state index in [1.165, 1.54) is 0 Å². The van der Waals surface area contributed by atoms with Crippen LogP contribution in [0, 0.1) is 0 Å². The van der Waals surface area contributed by atoms with E-state index in [1.807, 2.05) is 24.4 Å². The number of thiophene rings is 1. The number of hydrogen-bond donors (Lipinski definition) is 2. The standard InChI is InChI=1S/C10H15NO2S/c1-8(9-4-3-7-14-9)11-10(13)5-2-6-12/h3-4,7-8,12H,2,5-6H2,1H3,(H,11,13)/t8-/m0/s1. The molecule has 4 heteroatoms. The molecule has 14 heavy (non-hydrogen) atoms. The lowest BCUT2D eigenvalue weighted by Gasteiger charge is -2.11. The number of nitrogens with one attached hydrogen (secondary N) is 1. The highest BCUT2D eigenvalue weighted by molar-refractivity contribution is 7.10. The summed E-state index contributed by atoms with van der Waals surface area (Å²) in [7, 11) is 0. The second-order valence-electron chi connectivity index (χ2n) is 3.13. The zero-order valence-electron chi connectivity index (χ0n) is 8.19. The van der Waals surface area contributed by atoms with Crippen molar-refractivity contribution in [3.05, 3.63) is 22.4 Å². The molecule has 0 spiro atoms. The molecule has 0 aliphatic rings. The molecule has 0 bridgehead atoms. The van der Waals surface area contributed by atoms with Crippen molar-refractivity contribution in [2.45, 2.75) is 25.8 Å². The number of amides is 1. The van der Waals surface area contributed by atoms with Gasteiger partial charge in [-0.1, -0.05) is 6.07 Å². The van der Waals surface area contributed by atoms with Crippen LogP contribution in [0.3, 0.4) is 0 Å². The van der Waals surface area contributed by atoms with Crippen molar-refractivity contribution < 1.29 is 9.90 Å². The van der Waals surface area contributed by atoms with E-state index < -0.39 is 0 Å². The van der Waals surface area contributed by atoms with Crippen LogP contribution in [0.1, 0.15) is 30.7 Å². The lowest BCUT2D eigenvalue weighted by atomic mass is 10.2.